The van der Waals surface area contributed by atoms with Crippen LogP contribution in [0.25, 0.3) is 0 Å². The Bertz CT molecular complexity index is 948. The number of halogens is 1. The van der Waals surface area contributed by atoms with Crippen LogP contribution in [0.15, 0.2) is 29.6 Å². The van der Waals surface area contributed by atoms with E-state index in [0.29, 0.717) is 24.7 Å². The maximum Gasteiger partial charge on any atom is 0.318 e. The Morgan fingerprint density at radius 2 is 2.12 bits per heavy atom. The molecule has 1 aliphatic heterocycles. The molecule has 0 saturated heterocycles. The van der Waals surface area contributed by atoms with Gasteiger partial charge in [0.1, 0.15) is 18.9 Å². The fourth-order valence-corrected chi connectivity index (χ4v) is 4.94. The van der Waals surface area contributed by atoms with Gasteiger partial charge in [0.2, 0.25) is 5.91 Å². The molecule has 3 amide bonds. The lowest BCUT2D eigenvalue weighted by Crippen LogP contribution is -2.52. The van der Waals surface area contributed by atoms with Crippen LogP contribution in [0.3, 0.4) is 0 Å². The van der Waals surface area contributed by atoms with Crippen LogP contribution in [0.1, 0.15) is 49.2 Å². The number of nitrogens with zero attached hydrogens (tertiary/aromatic N) is 2. The minimum atomic E-state index is -0.201. The molecule has 1 aromatic heterocycles. The third-order valence-corrected chi connectivity index (χ3v) is 7.39. The molecule has 2 aromatic rings. The molecule has 0 unspecified atom stereocenters. The van der Waals surface area contributed by atoms with Gasteiger partial charge in [-0.2, -0.15) is 0 Å². The molecule has 0 saturated carbocycles. The SMILES string of the molecule is CCNC(=O)N(CC(=O)N1CCc2sccc2[C@H]1COc1ccc(Cl)c(C)c1)[C@@H](C)CC. The summed E-state index contributed by atoms with van der Waals surface area (Å²) < 4.78 is 6.11. The Labute approximate surface area is 199 Å². The standard InChI is InChI=1S/C24H32ClN3O3S/c1-5-17(4)28(24(30)26-6-2)14-23(29)27-11-9-22-19(10-12-32-22)21(27)15-31-18-7-8-20(25)16(3)13-18/h7-8,10,12-13,17,21H,5-6,9,11,14-15H2,1-4H3,(H,26,30)/t17-,21+/m0/s1. The monoisotopic (exact) mass is 477 g/mol. The number of carbonyl (C=O) groups excluding carboxylic acids is 2. The Morgan fingerprint density at radius 3 is 2.81 bits per heavy atom. The molecular weight excluding hydrogens is 446 g/mol. The largest absolute Gasteiger partial charge is 0.491 e. The lowest BCUT2D eigenvalue weighted by molar-refractivity contribution is -0.135. The third-order valence-electron chi connectivity index (χ3n) is 5.97. The molecular formula is C24H32ClN3O3S. The second-order valence-corrected chi connectivity index (χ2v) is 9.50. The number of thiophene rings is 1. The number of aryl methyl sites for hydroxylation is 1. The Kier molecular flexibility index (Phi) is 8.43. The van der Waals surface area contributed by atoms with Crippen LogP contribution >= 0.6 is 22.9 Å². The smallest absolute Gasteiger partial charge is 0.318 e. The normalized spacial score (nSPS) is 16.3. The molecule has 3 rings (SSSR count). The van der Waals surface area contributed by atoms with Crippen molar-refractivity contribution in [1.29, 1.82) is 0 Å². The topological polar surface area (TPSA) is 61.9 Å². The van der Waals surface area contributed by atoms with Crippen LogP contribution in [-0.2, 0) is 11.2 Å². The zero-order valence-electron chi connectivity index (χ0n) is 19.2. The van der Waals surface area contributed by atoms with Gasteiger partial charge in [0.15, 0.2) is 0 Å². The van der Waals surface area contributed by atoms with E-state index in [1.54, 1.807) is 16.2 Å². The number of carbonyl (C=O) groups is 2. The summed E-state index contributed by atoms with van der Waals surface area (Å²) in [7, 11) is 0. The van der Waals surface area contributed by atoms with Crippen molar-refractivity contribution in [2.75, 3.05) is 26.2 Å². The van der Waals surface area contributed by atoms with E-state index in [2.05, 4.69) is 16.8 Å². The molecule has 0 spiro atoms. The Hall–Kier alpha value is -2.25. The quantitative estimate of drug-likeness (QED) is 0.579. The summed E-state index contributed by atoms with van der Waals surface area (Å²) in [6.07, 6.45) is 1.60. The molecule has 8 heteroatoms. The minimum absolute atomic E-state index is 0.0289. The van der Waals surface area contributed by atoms with Crippen LogP contribution in [0.5, 0.6) is 5.75 Å². The van der Waals surface area contributed by atoms with Crippen molar-refractivity contribution in [1.82, 2.24) is 15.1 Å². The maximum absolute atomic E-state index is 13.4. The van der Waals surface area contributed by atoms with Crippen LogP contribution in [0, 0.1) is 6.92 Å². The first-order chi connectivity index (χ1) is 15.3. The number of rotatable bonds is 8. The molecule has 2 atom stereocenters. The van der Waals surface area contributed by atoms with Gasteiger partial charge in [0.05, 0.1) is 6.04 Å². The van der Waals surface area contributed by atoms with Crippen LogP contribution < -0.4 is 10.1 Å². The van der Waals surface area contributed by atoms with Gasteiger partial charge < -0.3 is 19.9 Å². The summed E-state index contributed by atoms with van der Waals surface area (Å²) in [5.74, 6) is 0.666. The predicted molar refractivity (Wildman–Crippen MR) is 130 cm³/mol. The molecule has 32 heavy (non-hydrogen) atoms. The molecule has 0 radical (unpaired) electrons. The summed E-state index contributed by atoms with van der Waals surface area (Å²) in [6, 6.07) is 7.23. The van der Waals surface area contributed by atoms with Crippen molar-refractivity contribution < 1.29 is 14.3 Å². The first kappa shape index (κ1) is 24.4. The van der Waals surface area contributed by atoms with Crippen LogP contribution in [0.2, 0.25) is 5.02 Å². The number of hydrogen-bond acceptors (Lipinski definition) is 4. The number of benzene rings is 1. The van der Waals surface area contributed by atoms with Crippen molar-refractivity contribution in [2.45, 2.75) is 52.6 Å². The fourth-order valence-electron chi connectivity index (χ4n) is 3.89. The molecule has 2 heterocycles. The van der Waals surface area contributed by atoms with E-state index in [1.165, 1.54) is 4.88 Å². The number of hydrogen-bond donors (Lipinski definition) is 1. The second kappa shape index (κ2) is 11.1. The Balaban J connectivity index is 1.78. The third kappa shape index (κ3) is 5.56. The highest BCUT2D eigenvalue weighted by molar-refractivity contribution is 7.10. The zero-order valence-corrected chi connectivity index (χ0v) is 20.8. The number of amides is 3. The first-order valence-corrected chi connectivity index (χ1v) is 12.4. The van der Waals surface area contributed by atoms with E-state index in [-0.39, 0.29) is 30.6 Å². The van der Waals surface area contributed by atoms with Gasteiger partial charge in [-0.3, -0.25) is 4.79 Å². The summed E-state index contributed by atoms with van der Waals surface area (Å²) in [5, 5.41) is 5.60. The molecule has 0 fully saturated rings. The van der Waals surface area contributed by atoms with E-state index in [1.807, 2.05) is 50.8 Å². The molecule has 0 bridgehead atoms. The molecule has 1 aliphatic rings. The number of fused-ring (bicyclic) bond motifs is 1. The van der Waals surface area contributed by atoms with Gasteiger partial charge in [0.25, 0.3) is 0 Å². The van der Waals surface area contributed by atoms with Gasteiger partial charge >= 0.3 is 6.03 Å². The van der Waals surface area contributed by atoms with Crippen molar-refractivity contribution in [3.63, 3.8) is 0 Å². The summed E-state index contributed by atoms with van der Waals surface area (Å²) >= 11 is 7.85. The van der Waals surface area contributed by atoms with E-state index in [9.17, 15) is 9.59 Å². The van der Waals surface area contributed by atoms with E-state index in [0.717, 1.165) is 29.7 Å². The minimum Gasteiger partial charge on any atom is -0.491 e. The van der Waals surface area contributed by atoms with Gasteiger partial charge in [0, 0.05) is 29.0 Å². The highest BCUT2D eigenvalue weighted by Gasteiger charge is 2.34. The summed E-state index contributed by atoms with van der Waals surface area (Å²) in [4.78, 5) is 30.8. The molecule has 1 N–H and O–H groups in total. The lowest BCUT2D eigenvalue weighted by Gasteiger charge is -2.38. The number of urea groups is 1. The number of ether oxygens (including phenoxy) is 1. The maximum atomic E-state index is 13.4. The first-order valence-electron chi connectivity index (χ1n) is 11.1. The predicted octanol–water partition coefficient (Wildman–Crippen LogP) is 5.04. The fraction of sp³-hybridized carbons (Fsp3) is 0.500. The molecule has 174 valence electrons. The van der Waals surface area contributed by atoms with Crippen molar-refractivity contribution in [3.8, 4) is 5.75 Å². The van der Waals surface area contributed by atoms with Gasteiger partial charge in [-0.05, 0) is 74.4 Å². The van der Waals surface area contributed by atoms with E-state index < -0.39 is 0 Å². The van der Waals surface area contributed by atoms with Gasteiger partial charge in [-0.1, -0.05) is 18.5 Å². The number of nitrogens with one attached hydrogen (secondary N) is 1. The zero-order chi connectivity index (χ0) is 23.3. The lowest BCUT2D eigenvalue weighted by atomic mass is 10.00. The molecule has 0 aliphatic carbocycles. The van der Waals surface area contributed by atoms with Crippen LogP contribution in [-0.4, -0.2) is 54.0 Å². The Morgan fingerprint density at radius 1 is 1.34 bits per heavy atom. The van der Waals surface area contributed by atoms with E-state index in [4.69, 9.17) is 16.3 Å². The van der Waals surface area contributed by atoms with Crippen molar-refractivity contribution in [3.05, 3.63) is 50.7 Å². The molecule has 1 aromatic carbocycles. The van der Waals surface area contributed by atoms with Crippen molar-refractivity contribution in [2.24, 2.45) is 0 Å². The average molecular weight is 478 g/mol. The van der Waals surface area contributed by atoms with Crippen LogP contribution in [0.4, 0.5) is 4.79 Å². The highest BCUT2D eigenvalue weighted by atomic mass is 35.5. The van der Waals surface area contributed by atoms with Crippen molar-refractivity contribution >= 4 is 34.9 Å². The second-order valence-electron chi connectivity index (χ2n) is 8.09. The molecule has 6 nitrogen and oxygen atoms in total. The van der Waals surface area contributed by atoms with Gasteiger partial charge in [-0.15, -0.1) is 11.3 Å². The van der Waals surface area contributed by atoms with Gasteiger partial charge in [-0.25, -0.2) is 4.79 Å². The summed E-state index contributed by atoms with van der Waals surface area (Å²) in [5.41, 5.74) is 2.08. The highest BCUT2D eigenvalue weighted by Crippen LogP contribution is 2.34. The summed E-state index contributed by atoms with van der Waals surface area (Å²) in [6.45, 7) is 9.35. The average Bonchev–Trinajstić information content (AvgIpc) is 3.26. The van der Waals surface area contributed by atoms with E-state index >= 15 is 0 Å².